The Bertz CT molecular complexity index is 356. The standard InChI is InChI=1S/C13H20N2O2/c1-9-11(16)15(8-10-4-5-10)13(12(17)14-9)6-2-3-7-13/h9-10H,2-8H2,1H3,(H,14,17). The van der Waals surface area contributed by atoms with E-state index in [1.165, 1.54) is 12.8 Å². The highest BCUT2D eigenvalue weighted by atomic mass is 16.2. The van der Waals surface area contributed by atoms with Crippen LogP contribution < -0.4 is 5.32 Å². The number of rotatable bonds is 2. The molecule has 4 heteroatoms. The zero-order chi connectivity index (χ0) is 12.0. The summed E-state index contributed by atoms with van der Waals surface area (Å²) in [6, 6.07) is -0.340. The van der Waals surface area contributed by atoms with Crippen molar-refractivity contribution in [2.24, 2.45) is 5.92 Å². The second-order valence-corrected chi connectivity index (χ2v) is 5.83. The number of amides is 2. The molecular weight excluding hydrogens is 216 g/mol. The summed E-state index contributed by atoms with van der Waals surface area (Å²) >= 11 is 0. The van der Waals surface area contributed by atoms with E-state index in [9.17, 15) is 9.59 Å². The van der Waals surface area contributed by atoms with Crippen molar-refractivity contribution in [3.05, 3.63) is 0 Å². The lowest BCUT2D eigenvalue weighted by atomic mass is 9.89. The summed E-state index contributed by atoms with van der Waals surface area (Å²) in [5.74, 6) is 0.857. The van der Waals surface area contributed by atoms with Crippen LogP contribution in [0, 0.1) is 5.92 Å². The summed E-state index contributed by atoms with van der Waals surface area (Å²) in [4.78, 5) is 26.5. The third kappa shape index (κ3) is 1.65. The molecule has 94 valence electrons. The van der Waals surface area contributed by atoms with Gasteiger partial charge in [-0.2, -0.15) is 0 Å². The number of nitrogens with one attached hydrogen (secondary N) is 1. The van der Waals surface area contributed by atoms with Crippen LogP contribution in [0.3, 0.4) is 0 Å². The second kappa shape index (κ2) is 3.72. The average Bonchev–Trinajstić information content (AvgIpc) is 2.98. The van der Waals surface area contributed by atoms with Crippen molar-refractivity contribution in [3.63, 3.8) is 0 Å². The molecule has 1 aliphatic heterocycles. The molecule has 1 spiro atoms. The zero-order valence-electron chi connectivity index (χ0n) is 10.4. The zero-order valence-corrected chi connectivity index (χ0v) is 10.4. The topological polar surface area (TPSA) is 49.4 Å². The van der Waals surface area contributed by atoms with Crippen LogP contribution in [-0.2, 0) is 9.59 Å². The SMILES string of the molecule is CC1NC(=O)C2(CCCC2)N(CC2CC2)C1=O. The van der Waals surface area contributed by atoms with Gasteiger partial charge >= 0.3 is 0 Å². The predicted octanol–water partition coefficient (Wildman–Crippen LogP) is 1.06. The van der Waals surface area contributed by atoms with Gasteiger partial charge in [-0.3, -0.25) is 9.59 Å². The highest BCUT2D eigenvalue weighted by Gasteiger charge is 2.53. The monoisotopic (exact) mass is 236 g/mol. The second-order valence-electron chi connectivity index (χ2n) is 5.83. The first kappa shape index (κ1) is 11.1. The smallest absolute Gasteiger partial charge is 0.246 e. The van der Waals surface area contributed by atoms with Crippen LogP contribution in [0.4, 0.5) is 0 Å². The Hall–Kier alpha value is -1.06. The van der Waals surface area contributed by atoms with Crippen molar-refractivity contribution in [2.75, 3.05) is 6.54 Å². The lowest BCUT2D eigenvalue weighted by Gasteiger charge is -2.45. The Morgan fingerprint density at radius 2 is 1.94 bits per heavy atom. The molecule has 3 rings (SSSR count). The van der Waals surface area contributed by atoms with Gasteiger partial charge in [0.1, 0.15) is 11.6 Å². The van der Waals surface area contributed by atoms with Crippen molar-refractivity contribution in [1.29, 1.82) is 0 Å². The Morgan fingerprint density at radius 3 is 2.53 bits per heavy atom. The van der Waals surface area contributed by atoms with Crippen LogP contribution in [-0.4, -0.2) is 34.8 Å². The molecule has 4 nitrogen and oxygen atoms in total. The van der Waals surface area contributed by atoms with Crippen molar-refractivity contribution in [3.8, 4) is 0 Å². The molecule has 2 aliphatic carbocycles. The van der Waals surface area contributed by atoms with E-state index < -0.39 is 5.54 Å². The summed E-state index contributed by atoms with van der Waals surface area (Å²) < 4.78 is 0. The van der Waals surface area contributed by atoms with Crippen LogP contribution >= 0.6 is 0 Å². The van der Waals surface area contributed by atoms with Gasteiger partial charge in [0, 0.05) is 6.54 Å². The van der Waals surface area contributed by atoms with E-state index in [2.05, 4.69) is 5.32 Å². The lowest BCUT2D eigenvalue weighted by molar-refractivity contribution is -0.157. The summed E-state index contributed by atoms with van der Waals surface area (Å²) in [7, 11) is 0. The van der Waals surface area contributed by atoms with Gasteiger partial charge in [0.25, 0.3) is 0 Å². The van der Waals surface area contributed by atoms with Crippen molar-refractivity contribution >= 4 is 11.8 Å². The van der Waals surface area contributed by atoms with Crippen LogP contribution in [0.15, 0.2) is 0 Å². The minimum atomic E-state index is -0.494. The fraction of sp³-hybridized carbons (Fsp3) is 0.846. The van der Waals surface area contributed by atoms with Crippen LogP contribution in [0.2, 0.25) is 0 Å². The number of hydrogen-bond donors (Lipinski definition) is 1. The van der Waals surface area contributed by atoms with E-state index in [1.807, 2.05) is 4.90 Å². The first-order valence-electron chi connectivity index (χ1n) is 6.76. The minimum absolute atomic E-state index is 0.0859. The number of nitrogens with zero attached hydrogens (tertiary/aromatic N) is 1. The third-order valence-electron chi connectivity index (χ3n) is 4.49. The normalized spacial score (nSPS) is 32.1. The molecule has 1 heterocycles. The molecule has 0 aromatic carbocycles. The van der Waals surface area contributed by atoms with Crippen LogP contribution in [0.1, 0.15) is 45.4 Å². The lowest BCUT2D eigenvalue weighted by Crippen LogP contribution is -2.69. The van der Waals surface area contributed by atoms with Gasteiger partial charge in [0.2, 0.25) is 11.8 Å². The molecule has 3 aliphatic rings. The van der Waals surface area contributed by atoms with E-state index in [1.54, 1.807) is 6.92 Å². The van der Waals surface area contributed by atoms with Gasteiger partial charge in [0.05, 0.1) is 0 Å². The van der Waals surface area contributed by atoms with Gasteiger partial charge in [-0.25, -0.2) is 0 Å². The van der Waals surface area contributed by atoms with E-state index in [4.69, 9.17) is 0 Å². The molecule has 1 N–H and O–H groups in total. The summed E-state index contributed by atoms with van der Waals surface area (Å²) in [5.41, 5.74) is -0.494. The molecule has 1 unspecified atom stereocenters. The van der Waals surface area contributed by atoms with Gasteiger partial charge in [-0.15, -0.1) is 0 Å². The fourth-order valence-corrected chi connectivity index (χ4v) is 3.24. The molecule has 0 aromatic heterocycles. The average molecular weight is 236 g/mol. The quantitative estimate of drug-likeness (QED) is 0.779. The number of carbonyl (C=O) groups is 2. The molecule has 2 amide bonds. The molecule has 1 atom stereocenters. The molecule has 3 fully saturated rings. The van der Waals surface area contributed by atoms with Gasteiger partial charge in [-0.1, -0.05) is 12.8 Å². The van der Waals surface area contributed by atoms with Crippen LogP contribution in [0.5, 0.6) is 0 Å². The van der Waals surface area contributed by atoms with Gasteiger partial charge in [0.15, 0.2) is 0 Å². The predicted molar refractivity (Wildman–Crippen MR) is 63.2 cm³/mol. The molecule has 0 aromatic rings. The summed E-state index contributed by atoms with van der Waals surface area (Å²) in [6.45, 7) is 2.60. The molecular formula is C13H20N2O2. The first-order chi connectivity index (χ1) is 8.13. The molecule has 0 bridgehead atoms. The first-order valence-corrected chi connectivity index (χ1v) is 6.76. The van der Waals surface area contributed by atoms with E-state index in [0.717, 1.165) is 32.2 Å². The fourth-order valence-electron chi connectivity index (χ4n) is 3.24. The van der Waals surface area contributed by atoms with Crippen LogP contribution in [0.25, 0.3) is 0 Å². The highest BCUT2D eigenvalue weighted by Crippen LogP contribution is 2.41. The Morgan fingerprint density at radius 1 is 1.29 bits per heavy atom. The highest BCUT2D eigenvalue weighted by molar-refractivity contribution is 5.99. The Labute approximate surface area is 102 Å². The molecule has 2 saturated carbocycles. The van der Waals surface area contributed by atoms with E-state index in [0.29, 0.717) is 5.92 Å². The summed E-state index contributed by atoms with van der Waals surface area (Å²) in [6.07, 6.45) is 6.27. The number of piperazine rings is 1. The molecule has 1 saturated heterocycles. The maximum absolute atomic E-state index is 12.3. The number of hydrogen-bond acceptors (Lipinski definition) is 2. The third-order valence-corrected chi connectivity index (χ3v) is 4.49. The molecule has 17 heavy (non-hydrogen) atoms. The van der Waals surface area contributed by atoms with E-state index in [-0.39, 0.29) is 17.9 Å². The van der Waals surface area contributed by atoms with E-state index >= 15 is 0 Å². The Balaban J connectivity index is 1.90. The van der Waals surface area contributed by atoms with Crippen molar-refractivity contribution < 1.29 is 9.59 Å². The minimum Gasteiger partial charge on any atom is -0.343 e. The largest absolute Gasteiger partial charge is 0.343 e. The maximum atomic E-state index is 12.3. The van der Waals surface area contributed by atoms with Gasteiger partial charge in [-0.05, 0) is 38.5 Å². The van der Waals surface area contributed by atoms with Gasteiger partial charge < -0.3 is 10.2 Å². The molecule has 0 radical (unpaired) electrons. The Kier molecular flexibility index (Phi) is 2.42. The number of carbonyl (C=O) groups excluding carboxylic acids is 2. The van der Waals surface area contributed by atoms with Crippen molar-refractivity contribution in [2.45, 2.75) is 57.0 Å². The maximum Gasteiger partial charge on any atom is 0.246 e. The summed E-state index contributed by atoms with van der Waals surface area (Å²) in [5, 5.41) is 2.86. The van der Waals surface area contributed by atoms with Crippen molar-refractivity contribution in [1.82, 2.24) is 10.2 Å².